The maximum absolute atomic E-state index is 11.1. The minimum atomic E-state index is -0.408. The zero-order valence-corrected chi connectivity index (χ0v) is 11.0. The molecule has 0 amide bonds. The van der Waals surface area contributed by atoms with E-state index in [1.807, 2.05) is 0 Å². The number of nitrogens with zero attached hydrogens (tertiary/aromatic N) is 2. The van der Waals surface area contributed by atoms with Crippen molar-refractivity contribution in [3.05, 3.63) is 22.4 Å². The normalized spacial score (nSPS) is 19.6. The molecule has 1 atom stereocenters. The Morgan fingerprint density at radius 3 is 3.28 bits per heavy atom. The van der Waals surface area contributed by atoms with Crippen LogP contribution >= 0.6 is 11.3 Å². The first-order chi connectivity index (χ1) is 8.78. The Bertz CT molecular complexity index is 425. The lowest BCUT2D eigenvalue weighted by Gasteiger charge is -2.14. The Kier molecular flexibility index (Phi) is 4.73. The molecular weight excluding hydrogens is 248 g/mol. The van der Waals surface area contributed by atoms with Gasteiger partial charge in [0.2, 0.25) is 0 Å². The van der Waals surface area contributed by atoms with Gasteiger partial charge in [-0.05, 0) is 24.4 Å². The maximum atomic E-state index is 11.1. The number of hydrogen-bond donors (Lipinski definition) is 0. The highest BCUT2D eigenvalue weighted by Crippen LogP contribution is 2.20. The highest BCUT2D eigenvalue weighted by Gasteiger charge is 2.23. The van der Waals surface area contributed by atoms with Gasteiger partial charge in [0, 0.05) is 23.9 Å². The summed E-state index contributed by atoms with van der Waals surface area (Å²) in [5.74, 6) is 0.00168. The van der Waals surface area contributed by atoms with E-state index in [2.05, 4.69) is 22.4 Å². The number of thiophene rings is 1. The fraction of sp³-hybridized carbons (Fsp3) is 0.538. The fourth-order valence-corrected chi connectivity index (χ4v) is 2.89. The summed E-state index contributed by atoms with van der Waals surface area (Å²) in [6, 6.07) is 6.01. The number of nitriles is 1. The third kappa shape index (κ3) is 3.83. The van der Waals surface area contributed by atoms with Crippen LogP contribution in [-0.4, -0.2) is 30.6 Å². The van der Waals surface area contributed by atoms with Crippen LogP contribution in [0.15, 0.2) is 17.5 Å². The Hall–Kier alpha value is -1.38. The molecule has 96 valence electrons. The van der Waals surface area contributed by atoms with Crippen molar-refractivity contribution in [2.24, 2.45) is 5.92 Å². The molecular formula is C13H16N2O2S. The summed E-state index contributed by atoms with van der Waals surface area (Å²) in [6.45, 7) is 3.46. The molecule has 1 aliphatic heterocycles. The van der Waals surface area contributed by atoms with Crippen LogP contribution in [0.4, 0.5) is 0 Å². The molecule has 1 fully saturated rings. The van der Waals surface area contributed by atoms with Gasteiger partial charge in [0.05, 0.1) is 12.7 Å². The first kappa shape index (κ1) is 13.1. The molecule has 0 bridgehead atoms. The first-order valence-corrected chi connectivity index (χ1v) is 6.93. The SMILES string of the molecule is N#CCC(=O)OCC1CCN(Cc2cccs2)C1. The monoisotopic (exact) mass is 264 g/mol. The van der Waals surface area contributed by atoms with Gasteiger partial charge in [-0.25, -0.2) is 0 Å². The molecule has 2 heterocycles. The van der Waals surface area contributed by atoms with Crippen LogP contribution in [0.5, 0.6) is 0 Å². The molecule has 0 N–H and O–H groups in total. The second-order valence-corrected chi connectivity index (χ2v) is 5.52. The van der Waals surface area contributed by atoms with E-state index < -0.39 is 5.97 Å². The summed E-state index contributed by atoms with van der Waals surface area (Å²) in [6.07, 6.45) is 0.914. The van der Waals surface area contributed by atoms with E-state index in [1.165, 1.54) is 4.88 Å². The molecule has 2 rings (SSSR count). The molecule has 18 heavy (non-hydrogen) atoms. The second kappa shape index (κ2) is 6.53. The Labute approximate surface area is 111 Å². The lowest BCUT2D eigenvalue weighted by molar-refractivity contribution is -0.143. The van der Waals surface area contributed by atoms with E-state index in [1.54, 1.807) is 17.4 Å². The van der Waals surface area contributed by atoms with Crippen LogP contribution in [0.3, 0.4) is 0 Å². The quantitative estimate of drug-likeness (QED) is 0.764. The molecule has 0 radical (unpaired) electrons. The van der Waals surface area contributed by atoms with Crippen molar-refractivity contribution in [1.29, 1.82) is 5.26 Å². The van der Waals surface area contributed by atoms with Crippen LogP contribution in [0.1, 0.15) is 17.7 Å². The van der Waals surface area contributed by atoms with E-state index >= 15 is 0 Å². The predicted molar refractivity (Wildman–Crippen MR) is 68.9 cm³/mol. The molecule has 0 aliphatic carbocycles. The molecule has 1 unspecified atom stereocenters. The summed E-state index contributed by atoms with van der Waals surface area (Å²) < 4.78 is 5.06. The number of carbonyl (C=O) groups excluding carboxylic acids is 1. The van der Waals surface area contributed by atoms with Crippen LogP contribution in [0, 0.1) is 17.2 Å². The number of ether oxygens (including phenoxy) is 1. The van der Waals surface area contributed by atoms with Crippen molar-refractivity contribution in [2.75, 3.05) is 19.7 Å². The van der Waals surface area contributed by atoms with E-state index in [0.29, 0.717) is 12.5 Å². The van der Waals surface area contributed by atoms with Crippen molar-refractivity contribution >= 4 is 17.3 Å². The number of rotatable bonds is 5. The van der Waals surface area contributed by atoms with Gasteiger partial charge in [0.15, 0.2) is 0 Å². The van der Waals surface area contributed by atoms with E-state index in [0.717, 1.165) is 26.1 Å². The van der Waals surface area contributed by atoms with Gasteiger partial charge >= 0.3 is 5.97 Å². The van der Waals surface area contributed by atoms with Crippen molar-refractivity contribution in [3.8, 4) is 6.07 Å². The summed E-state index contributed by atoms with van der Waals surface area (Å²) in [4.78, 5) is 14.8. The smallest absolute Gasteiger partial charge is 0.320 e. The highest BCUT2D eigenvalue weighted by molar-refractivity contribution is 7.09. The minimum absolute atomic E-state index is 0.147. The molecule has 0 spiro atoms. The summed E-state index contributed by atoms with van der Waals surface area (Å²) in [5, 5.41) is 10.4. The van der Waals surface area contributed by atoms with Crippen molar-refractivity contribution in [3.63, 3.8) is 0 Å². The molecule has 5 heteroatoms. The van der Waals surface area contributed by atoms with Gasteiger partial charge in [-0.15, -0.1) is 11.3 Å². The van der Waals surface area contributed by atoms with Crippen LogP contribution in [0.2, 0.25) is 0 Å². The summed E-state index contributed by atoms with van der Waals surface area (Å²) >= 11 is 1.77. The van der Waals surface area contributed by atoms with Gasteiger partial charge in [-0.2, -0.15) is 5.26 Å². The van der Waals surface area contributed by atoms with E-state index in [4.69, 9.17) is 10.00 Å². The lowest BCUT2D eigenvalue weighted by Crippen LogP contribution is -2.21. The minimum Gasteiger partial charge on any atom is -0.465 e. The molecule has 0 saturated carbocycles. The zero-order chi connectivity index (χ0) is 12.8. The van der Waals surface area contributed by atoms with Gasteiger partial charge in [0.1, 0.15) is 6.42 Å². The fourth-order valence-electron chi connectivity index (χ4n) is 2.14. The Morgan fingerprint density at radius 2 is 2.56 bits per heavy atom. The van der Waals surface area contributed by atoms with Crippen LogP contribution < -0.4 is 0 Å². The first-order valence-electron chi connectivity index (χ1n) is 6.05. The van der Waals surface area contributed by atoms with Gasteiger partial charge in [0.25, 0.3) is 0 Å². The standard InChI is InChI=1S/C13H16N2O2S/c14-5-3-13(16)17-10-11-4-6-15(8-11)9-12-2-1-7-18-12/h1-2,7,11H,3-4,6,8-10H2. The number of esters is 1. The third-order valence-electron chi connectivity index (χ3n) is 3.03. The second-order valence-electron chi connectivity index (χ2n) is 4.49. The average molecular weight is 264 g/mol. The van der Waals surface area contributed by atoms with E-state index in [9.17, 15) is 4.79 Å². The molecule has 1 aliphatic rings. The third-order valence-corrected chi connectivity index (χ3v) is 3.89. The predicted octanol–water partition coefficient (Wildman–Crippen LogP) is 2.03. The number of hydrogen-bond acceptors (Lipinski definition) is 5. The van der Waals surface area contributed by atoms with Gasteiger partial charge < -0.3 is 4.74 Å². The summed E-state index contributed by atoms with van der Waals surface area (Å²) in [5.41, 5.74) is 0. The maximum Gasteiger partial charge on any atom is 0.320 e. The summed E-state index contributed by atoms with van der Waals surface area (Å²) in [7, 11) is 0. The molecule has 1 aromatic rings. The van der Waals surface area contributed by atoms with Crippen molar-refractivity contribution in [1.82, 2.24) is 4.90 Å². The lowest BCUT2D eigenvalue weighted by atomic mass is 10.1. The molecule has 4 nitrogen and oxygen atoms in total. The van der Waals surface area contributed by atoms with Gasteiger partial charge in [-0.1, -0.05) is 6.07 Å². The van der Waals surface area contributed by atoms with E-state index in [-0.39, 0.29) is 6.42 Å². The van der Waals surface area contributed by atoms with Crippen molar-refractivity contribution < 1.29 is 9.53 Å². The van der Waals surface area contributed by atoms with Crippen LogP contribution in [-0.2, 0) is 16.1 Å². The largest absolute Gasteiger partial charge is 0.465 e. The number of likely N-dealkylation sites (tertiary alicyclic amines) is 1. The number of carbonyl (C=O) groups is 1. The highest BCUT2D eigenvalue weighted by atomic mass is 32.1. The van der Waals surface area contributed by atoms with Gasteiger partial charge in [-0.3, -0.25) is 9.69 Å². The molecule has 1 saturated heterocycles. The zero-order valence-electron chi connectivity index (χ0n) is 10.2. The Balaban J connectivity index is 1.69. The molecule has 1 aromatic heterocycles. The average Bonchev–Trinajstić information content (AvgIpc) is 2.99. The molecule has 0 aromatic carbocycles. The van der Waals surface area contributed by atoms with Crippen molar-refractivity contribution in [2.45, 2.75) is 19.4 Å². The Morgan fingerprint density at radius 1 is 1.67 bits per heavy atom. The van der Waals surface area contributed by atoms with Crippen LogP contribution in [0.25, 0.3) is 0 Å². The topological polar surface area (TPSA) is 53.3 Å².